The fourth-order valence-corrected chi connectivity index (χ4v) is 2.70. The summed E-state index contributed by atoms with van der Waals surface area (Å²) in [4.78, 5) is 0. The first-order valence-corrected chi connectivity index (χ1v) is 6.31. The van der Waals surface area contributed by atoms with Crippen LogP contribution in [0.15, 0.2) is 0 Å². The summed E-state index contributed by atoms with van der Waals surface area (Å²) in [6, 6.07) is 0.836. The first-order chi connectivity index (χ1) is 6.58. The summed E-state index contributed by atoms with van der Waals surface area (Å²) in [6.45, 7) is 8.44. The Bertz CT molecular complexity index is 189. The molecule has 0 saturated heterocycles. The summed E-state index contributed by atoms with van der Waals surface area (Å²) in [5, 5.41) is 3.76. The molecule has 0 bridgehead atoms. The maximum absolute atomic E-state index is 3.76. The largest absolute Gasteiger partial charge is 0.314 e. The molecule has 0 aromatic carbocycles. The number of nitrogens with one attached hydrogen (secondary N) is 1. The van der Waals surface area contributed by atoms with Crippen molar-refractivity contribution in [1.29, 1.82) is 0 Å². The second-order valence-electron chi connectivity index (χ2n) is 6.25. The Balaban J connectivity index is 1.62. The van der Waals surface area contributed by atoms with E-state index in [2.05, 4.69) is 26.1 Å². The van der Waals surface area contributed by atoms with Crippen molar-refractivity contribution >= 4 is 0 Å². The molecule has 14 heavy (non-hydrogen) atoms. The van der Waals surface area contributed by atoms with Gasteiger partial charge in [-0.25, -0.2) is 0 Å². The van der Waals surface area contributed by atoms with Crippen LogP contribution >= 0.6 is 0 Å². The Morgan fingerprint density at radius 1 is 1.14 bits per heavy atom. The third kappa shape index (κ3) is 2.50. The normalized spacial score (nSPS) is 40.9. The van der Waals surface area contributed by atoms with Gasteiger partial charge in [0.25, 0.3) is 0 Å². The summed E-state index contributed by atoms with van der Waals surface area (Å²) in [6.07, 6.45) is 7.13. The number of rotatable bonds is 3. The zero-order valence-electron chi connectivity index (χ0n) is 9.97. The van der Waals surface area contributed by atoms with Crippen molar-refractivity contribution in [3.05, 3.63) is 0 Å². The minimum absolute atomic E-state index is 0.648. The highest BCUT2D eigenvalue weighted by molar-refractivity contribution is 4.96. The molecule has 0 aliphatic heterocycles. The van der Waals surface area contributed by atoms with E-state index in [0.717, 1.165) is 17.9 Å². The number of hydrogen-bond acceptors (Lipinski definition) is 1. The predicted octanol–water partition coefficient (Wildman–Crippen LogP) is 3.20. The summed E-state index contributed by atoms with van der Waals surface area (Å²) < 4.78 is 0. The van der Waals surface area contributed by atoms with E-state index in [-0.39, 0.29) is 0 Å². The van der Waals surface area contributed by atoms with Crippen molar-refractivity contribution in [3.63, 3.8) is 0 Å². The van der Waals surface area contributed by atoms with Gasteiger partial charge in [0, 0.05) is 6.04 Å². The van der Waals surface area contributed by atoms with Gasteiger partial charge in [0.15, 0.2) is 0 Å². The minimum atomic E-state index is 0.648. The van der Waals surface area contributed by atoms with Gasteiger partial charge in [0.1, 0.15) is 0 Å². The third-order valence-electron chi connectivity index (χ3n) is 4.39. The van der Waals surface area contributed by atoms with E-state index in [1.165, 1.54) is 38.6 Å². The highest BCUT2D eigenvalue weighted by atomic mass is 14.9. The smallest absolute Gasteiger partial charge is 0.00673 e. The minimum Gasteiger partial charge on any atom is -0.314 e. The summed E-state index contributed by atoms with van der Waals surface area (Å²) in [5.74, 6) is 1.94. The van der Waals surface area contributed by atoms with Gasteiger partial charge in [-0.3, -0.25) is 0 Å². The van der Waals surface area contributed by atoms with E-state index in [1.807, 2.05) is 0 Å². The molecule has 0 radical (unpaired) electrons. The van der Waals surface area contributed by atoms with Crippen LogP contribution in [0.25, 0.3) is 0 Å². The Hall–Kier alpha value is -0.0400. The lowest BCUT2D eigenvalue weighted by atomic mass is 9.87. The van der Waals surface area contributed by atoms with Gasteiger partial charge in [-0.05, 0) is 55.9 Å². The molecule has 1 heteroatoms. The topological polar surface area (TPSA) is 12.0 Å². The maximum atomic E-state index is 3.76. The van der Waals surface area contributed by atoms with Gasteiger partial charge in [0.05, 0.1) is 0 Å². The van der Waals surface area contributed by atoms with Crippen LogP contribution < -0.4 is 5.32 Å². The lowest BCUT2D eigenvalue weighted by Gasteiger charge is -2.27. The zero-order chi connectivity index (χ0) is 10.2. The van der Waals surface area contributed by atoms with Crippen molar-refractivity contribution in [2.45, 2.75) is 58.9 Å². The first kappa shape index (κ1) is 10.5. The fraction of sp³-hybridized carbons (Fsp3) is 1.00. The van der Waals surface area contributed by atoms with Crippen LogP contribution in [0.1, 0.15) is 52.9 Å². The molecule has 2 rings (SSSR count). The van der Waals surface area contributed by atoms with E-state index >= 15 is 0 Å². The van der Waals surface area contributed by atoms with Gasteiger partial charge < -0.3 is 5.32 Å². The van der Waals surface area contributed by atoms with Gasteiger partial charge in [-0.15, -0.1) is 0 Å². The maximum Gasteiger partial charge on any atom is 0.00673 e. The molecule has 0 amide bonds. The lowest BCUT2D eigenvalue weighted by molar-refractivity contribution is 0.302. The average molecular weight is 195 g/mol. The predicted molar refractivity (Wildman–Crippen MR) is 61.3 cm³/mol. The number of hydrogen-bond donors (Lipinski definition) is 1. The molecular formula is C13H25N. The van der Waals surface area contributed by atoms with Gasteiger partial charge in [-0.1, -0.05) is 20.8 Å². The Morgan fingerprint density at radius 3 is 2.21 bits per heavy atom. The summed E-state index contributed by atoms with van der Waals surface area (Å²) in [7, 11) is 0. The molecule has 2 aliphatic carbocycles. The van der Waals surface area contributed by atoms with Gasteiger partial charge >= 0.3 is 0 Å². The van der Waals surface area contributed by atoms with Crippen molar-refractivity contribution in [3.8, 4) is 0 Å². The molecule has 82 valence electrons. The van der Waals surface area contributed by atoms with Crippen molar-refractivity contribution in [1.82, 2.24) is 5.32 Å². The van der Waals surface area contributed by atoms with Gasteiger partial charge in [0.2, 0.25) is 0 Å². The second kappa shape index (κ2) is 3.84. The van der Waals surface area contributed by atoms with Crippen molar-refractivity contribution in [2.75, 3.05) is 6.54 Å². The van der Waals surface area contributed by atoms with Crippen LogP contribution in [0, 0.1) is 17.3 Å². The van der Waals surface area contributed by atoms with E-state index in [0.29, 0.717) is 5.41 Å². The average Bonchev–Trinajstić information content (AvgIpc) is 2.73. The van der Waals surface area contributed by atoms with E-state index < -0.39 is 0 Å². The van der Waals surface area contributed by atoms with Crippen LogP contribution in [0.5, 0.6) is 0 Å². The quantitative estimate of drug-likeness (QED) is 0.729. The second-order valence-corrected chi connectivity index (χ2v) is 6.25. The fourth-order valence-electron chi connectivity index (χ4n) is 2.70. The van der Waals surface area contributed by atoms with E-state index in [4.69, 9.17) is 0 Å². The van der Waals surface area contributed by atoms with Crippen LogP contribution in [-0.2, 0) is 0 Å². The van der Waals surface area contributed by atoms with E-state index in [9.17, 15) is 0 Å². The molecule has 2 fully saturated rings. The summed E-state index contributed by atoms with van der Waals surface area (Å²) in [5.41, 5.74) is 0.648. The first-order valence-electron chi connectivity index (χ1n) is 6.31. The Kier molecular flexibility index (Phi) is 2.88. The van der Waals surface area contributed by atoms with Crippen LogP contribution in [-0.4, -0.2) is 12.6 Å². The van der Waals surface area contributed by atoms with Gasteiger partial charge in [-0.2, -0.15) is 0 Å². The summed E-state index contributed by atoms with van der Waals surface area (Å²) >= 11 is 0. The van der Waals surface area contributed by atoms with Crippen molar-refractivity contribution in [2.24, 2.45) is 17.3 Å². The molecule has 0 spiro atoms. The van der Waals surface area contributed by atoms with Crippen molar-refractivity contribution < 1.29 is 0 Å². The molecule has 0 aromatic rings. The highest BCUT2D eigenvalue weighted by Crippen LogP contribution is 2.51. The molecule has 0 heterocycles. The highest BCUT2D eigenvalue weighted by Gasteiger charge is 2.45. The molecule has 1 atom stereocenters. The third-order valence-corrected chi connectivity index (χ3v) is 4.39. The molecule has 1 unspecified atom stereocenters. The molecule has 1 nitrogen and oxygen atoms in total. The molecule has 0 aromatic heterocycles. The standard InChI is InChI=1S/C13H25N/c1-10-4-6-12(7-5-10)14-9-11-8-13(11,2)3/h10-12,14H,4-9H2,1-3H3. The molecule has 2 aliphatic rings. The molecule has 1 N–H and O–H groups in total. The monoisotopic (exact) mass is 195 g/mol. The lowest BCUT2D eigenvalue weighted by Crippen LogP contribution is -2.34. The Labute approximate surface area is 88.7 Å². The Morgan fingerprint density at radius 2 is 1.71 bits per heavy atom. The molecular weight excluding hydrogens is 170 g/mol. The van der Waals surface area contributed by atoms with Crippen LogP contribution in [0.3, 0.4) is 0 Å². The SMILES string of the molecule is CC1CCC(NCC2CC2(C)C)CC1. The van der Waals surface area contributed by atoms with Crippen LogP contribution in [0.2, 0.25) is 0 Å². The molecule has 2 saturated carbocycles. The zero-order valence-corrected chi connectivity index (χ0v) is 9.97. The van der Waals surface area contributed by atoms with Crippen LogP contribution in [0.4, 0.5) is 0 Å². The van der Waals surface area contributed by atoms with E-state index in [1.54, 1.807) is 0 Å².